The Morgan fingerprint density at radius 2 is 2.11 bits per heavy atom. The van der Waals surface area contributed by atoms with E-state index in [2.05, 4.69) is 14.1 Å². The molecule has 0 aromatic carbocycles. The van der Waals surface area contributed by atoms with Gasteiger partial charge in [-0.3, -0.25) is 9.59 Å². The summed E-state index contributed by atoms with van der Waals surface area (Å²) in [5, 5.41) is 2.57. The van der Waals surface area contributed by atoms with Gasteiger partial charge in [0.05, 0.1) is 35.4 Å². The minimum atomic E-state index is -0.143. The number of nitrogens with one attached hydrogen (secondary N) is 1. The van der Waals surface area contributed by atoms with Crippen LogP contribution in [0.15, 0.2) is 0 Å². The average molecular weight is 288 g/mol. The Labute approximate surface area is 114 Å². The SMILES string of the molecule is Cc1nsnc1CSCC(=O)NCC(=O)N(C)C. The summed E-state index contributed by atoms with van der Waals surface area (Å²) in [6.07, 6.45) is 0. The summed E-state index contributed by atoms with van der Waals surface area (Å²) in [7, 11) is 3.31. The fourth-order valence-corrected chi connectivity index (χ4v) is 2.51. The molecule has 1 rings (SSSR count). The largest absolute Gasteiger partial charge is 0.347 e. The van der Waals surface area contributed by atoms with Crippen LogP contribution in [0.5, 0.6) is 0 Å². The van der Waals surface area contributed by atoms with Gasteiger partial charge < -0.3 is 10.2 Å². The van der Waals surface area contributed by atoms with E-state index >= 15 is 0 Å². The molecule has 0 bridgehead atoms. The molecule has 1 aromatic rings. The summed E-state index contributed by atoms with van der Waals surface area (Å²) in [4.78, 5) is 24.1. The number of carbonyl (C=O) groups is 2. The highest BCUT2D eigenvalue weighted by Gasteiger charge is 2.08. The number of hydrogen-bond donors (Lipinski definition) is 1. The first-order valence-corrected chi connectivity index (χ1v) is 7.22. The highest BCUT2D eigenvalue weighted by Crippen LogP contribution is 2.13. The van der Waals surface area contributed by atoms with E-state index in [1.807, 2.05) is 6.92 Å². The number of carbonyl (C=O) groups excluding carboxylic acids is 2. The molecule has 0 spiro atoms. The molecule has 1 aromatic heterocycles. The molecule has 1 N–H and O–H groups in total. The molecule has 0 radical (unpaired) electrons. The molecule has 8 heteroatoms. The van der Waals surface area contributed by atoms with Crippen molar-refractivity contribution in [3.63, 3.8) is 0 Å². The topological polar surface area (TPSA) is 75.2 Å². The van der Waals surface area contributed by atoms with Gasteiger partial charge in [-0.05, 0) is 6.92 Å². The second-order valence-corrected chi connectivity index (χ2v) is 5.37. The molecule has 2 amide bonds. The van der Waals surface area contributed by atoms with Crippen LogP contribution in [-0.2, 0) is 15.3 Å². The van der Waals surface area contributed by atoms with Crippen molar-refractivity contribution < 1.29 is 9.59 Å². The van der Waals surface area contributed by atoms with Crippen molar-refractivity contribution in [1.82, 2.24) is 19.0 Å². The van der Waals surface area contributed by atoms with E-state index in [0.717, 1.165) is 11.4 Å². The number of amides is 2. The van der Waals surface area contributed by atoms with Gasteiger partial charge in [-0.2, -0.15) is 8.75 Å². The molecule has 0 aliphatic heterocycles. The zero-order valence-electron chi connectivity index (χ0n) is 10.6. The Bertz CT molecular complexity index is 420. The molecular weight excluding hydrogens is 272 g/mol. The van der Waals surface area contributed by atoms with E-state index < -0.39 is 0 Å². The van der Waals surface area contributed by atoms with Crippen molar-refractivity contribution in [3.8, 4) is 0 Å². The molecule has 0 aliphatic rings. The molecule has 100 valence electrons. The lowest BCUT2D eigenvalue weighted by atomic mass is 10.4. The van der Waals surface area contributed by atoms with Crippen LogP contribution in [0.25, 0.3) is 0 Å². The molecule has 0 saturated carbocycles. The fraction of sp³-hybridized carbons (Fsp3) is 0.600. The Hall–Kier alpha value is -1.15. The molecular formula is C10H16N4O2S2. The maximum atomic E-state index is 11.4. The molecule has 18 heavy (non-hydrogen) atoms. The van der Waals surface area contributed by atoms with E-state index in [0.29, 0.717) is 11.5 Å². The zero-order valence-corrected chi connectivity index (χ0v) is 12.2. The molecule has 0 saturated heterocycles. The van der Waals surface area contributed by atoms with Crippen molar-refractivity contribution in [2.75, 3.05) is 26.4 Å². The lowest BCUT2D eigenvalue weighted by molar-refractivity contribution is -0.130. The van der Waals surface area contributed by atoms with Gasteiger partial charge in [-0.1, -0.05) is 0 Å². The number of nitrogens with zero attached hydrogens (tertiary/aromatic N) is 3. The van der Waals surface area contributed by atoms with Gasteiger partial charge in [0.25, 0.3) is 0 Å². The lowest BCUT2D eigenvalue weighted by Gasteiger charge is -2.10. The van der Waals surface area contributed by atoms with Gasteiger partial charge >= 0.3 is 0 Å². The van der Waals surface area contributed by atoms with E-state index in [1.165, 1.54) is 28.4 Å². The Kier molecular flexibility index (Phi) is 6.06. The van der Waals surface area contributed by atoms with E-state index in [4.69, 9.17) is 0 Å². The maximum Gasteiger partial charge on any atom is 0.241 e. The van der Waals surface area contributed by atoms with E-state index in [9.17, 15) is 9.59 Å². The first-order valence-electron chi connectivity index (χ1n) is 5.33. The van der Waals surface area contributed by atoms with Crippen LogP contribution in [0, 0.1) is 6.92 Å². The minimum absolute atomic E-state index is 0.0453. The van der Waals surface area contributed by atoms with Crippen LogP contribution < -0.4 is 5.32 Å². The maximum absolute atomic E-state index is 11.4. The summed E-state index contributed by atoms with van der Waals surface area (Å²) < 4.78 is 8.19. The van der Waals surface area contributed by atoms with Crippen molar-refractivity contribution >= 4 is 35.3 Å². The standard InChI is InChI=1S/C10H16N4O2S2/c1-7-8(13-18-12-7)5-17-6-9(15)11-4-10(16)14(2)3/h4-6H2,1-3H3,(H,11,15). The van der Waals surface area contributed by atoms with Crippen molar-refractivity contribution in [1.29, 1.82) is 0 Å². The number of thioether (sulfide) groups is 1. The number of aryl methyl sites for hydroxylation is 1. The predicted octanol–water partition coefficient (Wildman–Crippen LogP) is 0.284. The van der Waals surface area contributed by atoms with Gasteiger partial charge in [0.2, 0.25) is 11.8 Å². The van der Waals surface area contributed by atoms with Gasteiger partial charge in [-0.15, -0.1) is 11.8 Å². The van der Waals surface area contributed by atoms with Crippen LogP contribution in [0.1, 0.15) is 11.4 Å². The number of likely N-dealkylation sites (N-methyl/N-ethyl adjacent to an activating group) is 1. The van der Waals surface area contributed by atoms with Crippen LogP contribution in [0.4, 0.5) is 0 Å². The third-order valence-electron chi connectivity index (χ3n) is 2.15. The van der Waals surface area contributed by atoms with Gasteiger partial charge in [0, 0.05) is 19.8 Å². The first-order chi connectivity index (χ1) is 8.50. The predicted molar refractivity (Wildman–Crippen MR) is 72.5 cm³/mol. The molecule has 1 heterocycles. The second kappa shape index (κ2) is 7.32. The summed E-state index contributed by atoms with van der Waals surface area (Å²) in [6.45, 7) is 1.94. The highest BCUT2D eigenvalue weighted by molar-refractivity contribution is 7.99. The van der Waals surface area contributed by atoms with Crippen LogP contribution in [0.2, 0.25) is 0 Å². The smallest absolute Gasteiger partial charge is 0.241 e. The molecule has 0 aliphatic carbocycles. The number of hydrogen-bond acceptors (Lipinski definition) is 6. The Morgan fingerprint density at radius 1 is 1.39 bits per heavy atom. The van der Waals surface area contributed by atoms with Gasteiger partial charge in [-0.25, -0.2) is 0 Å². The summed E-state index contributed by atoms with van der Waals surface area (Å²) >= 11 is 2.64. The molecule has 0 unspecified atom stereocenters. The molecule has 0 atom stereocenters. The quantitative estimate of drug-likeness (QED) is 0.814. The van der Waals surface area contributed by atoms with E-state index in [1.54, 1.807) is 14.1 Å². The number of aromatic nitrogens is 2. The monoisotopic (exact) mass is 288 g/mol. The minimum Gasteiger partial charge on any atom is -0.347 e. The number of rotatable bonds is 6. The van der Waals surface area contributed by atoms with Crippen molar-refractivity contribution in [3.05, 3.63) is 11.4 Å². The second-order valence-electron chi connectivity index (χ2n) is 3.85. The van der Waals surface area contributed by atoms with Crippen LogP contribution in [-0.4, -0.2) is 51.9 Å². The summed E-state index contributed by atoms with van der Waals surface area (Å²) in [6, 6.07) is 0. The van der Waals surface area contributed by atoms with Crippen molar-refractivity contribution in [2.24, 2.45) is 0 Å². The zero-order chi connectivity index (χ0) is 13.5. The highest BCUT2D eigenvalue weighted by atomic mass is 32.2. The van der Waals surface area contributed by atoms with Crippen LogP contribution >= 0.6 is 23.5 Å². The summed E-state index contributed by atoms with van der Waals surface area (Å²) in [5.74, 6) is 0.721. The first kappa shape index (κ1) is 14.9. The Balaban J connectivity index is 2.18. The fourth-order valence-electron chi connectivity index (χ4n) is 1.00. The summed E-state index contributed by atoms with van der Waals surface area (Å²) in [5.41, 5.74) is 1.83. The lowest BCUT2D eigenvalue weighted by Crippen LogP contribution is -2.37. The van der Waals surface area contributed by atoms with Crippen LogP contribution in [0.3, 0.4) is 0 Å². The third kappa shape index (κ3) is 5.01. The van der Waals surface area contributed by atoms with Gasteiger partial charge in [0.1, 0.15) is 0 Å². The molecule has 0 fully saturated rings. The Morgan fingerprint density at radius 3 is 2.67 bits per heavy atom. The third-order valence-corrected chi connectivity index (χ3v) is 3.76. The normalized spacial score (nSPS) is 10.2. The average Bonchev–Trinajstić information content (AvgIpc) is 2.72. The van der Waals surface area contributed by atoms with Gasteiger partial charge in [0.15, 0.2) is 0 Å². The molecule has 6 nitrogen and oxygen atoms in total. The van der Waals surface area contributed by atoms with Crippen molar-refractivity contribution in [2.45, 2.75) is 12.7 Å². The van der Waals surface area contributed by atoms with E-state index in [-0.39, 0.29) is 18.4 Å².